The predicted octanol–water partition coefficient (Wildman–Crippen LogP) is 3.72. The zero-order chi connectivity index (χ0) is 21.3. The third-order valence-corrected chi connectivity index (χ3v) is 7.52. The van der Waals surface area contributed by atoms with E-state index in [9.17, 15) is 18.0 Å². The summed E-state index contributed by atoms with van der Waals surface area (Å²) in [6.07, 6.45) is 1.36. The molecule has 156 valence electrons. The predicted molar refractivity (Wildman–Crippen MR) is 115 cm³/mol. The Balaban J connectivity index is 1.47. The summed E-state index contributed by atoms with van der Waals surface area (Å²) in [5, 5.41) is 0.301. The van der Waals surface area contributed by atoms with Gasteiger partial charge in [0.15, 0.2) is 21.2 Å². The zero-order valence-electron chi connectivity index (χ0n) is 16.3. The molecule has 1 aliphatic heterocycles. The van der Waals surface area contributed by atoms with E-state index in [0.717, 1.165) is 23.9 Å². The van der Waals surface area contributed by atoms with E-state index >= 15 is 0 Å². The van der Waals surface area contributed by atoms with Gasteiger partial charge in [0.25, 0.3) is 5.22 Å². The number of nitrogens with zero attached hydrogens (tertiary/aromatic N) is 2. The topological polar surface area (TPSA) is 97.5 Å². The Bertz CT molecular complexity index is 1230. The Morgan fingerprint density at radius 2 is 2.07 bits per heavy atom. The molecule has 30 heavy (non-hydrogen) atoms. The second-order valence-electron chi connectivity index (χ2n) is 6.92. The van der Waals surface area contributed by atoms with Crippen molar-refractivity contribution in [2.45, 2.75) is 29.9 Å². The van der Waals surface area contributed by atoms with Gasteiger partial charge in [-0.15, -0.1) is 0 Å². The Labute approximate surface area is 178 Å². The lowest BCUT2D eigenvalue weighted by Crippen LogP contribution is -2.23. The second-order valence-corrected chi connectivity index (χ2v) is 10.1. The number of anilines is 1. The van der Waals surface area contributed by atoms with Crippen LogP contribution in [0.1, 0.15) is 30.1 Å². The largest absolute Gasteiger partial charge is 0.431 e. The standard InChI is InChI=1S/C21H20N2O5S2/c1-2-30(26,27)16-8-9-19-17(12-16)22-21(28-19)29-13-18(24)14-5-3-6-15(11-14)23-10-4-7-20(23)25/h3,5-6,8-9,11-12H,2,4,7,10,13H2,1H3. The number of benzene rings is 2. The Kier molecular flexibility index (Phi) is 5.66. The van der Waals surface area contributed by atoms with Crippen LogP contribution >= 0.6 is 11.8 Å². The van der Waals surface area contributed by atoms with E-state index in [2.05, 4.69) is 4.98 Å². The normalized spacial score (nSPS) is 14.6. The fraction of sp³-hybridized carbons (Fsp3) is 0.286. The van der Waals surface area contributed by atoms with Crippen molar-refractivity contribution in [3.05, 3.63) is 48.0 Å². The fourth-order valence-corrected chi connectivity index (χ4v) is 4.92. The molecule has 2 heterocycles. The van der Waals surface area contributed by atoms with Gasteiger partial charge in [0.05, 0.1) is 16.4 Å². The number of hydrogen-bond donors (Lipinski definition) is 0. The first-order chi connectivity index (χ1) is 14.4. The maximum absolute atomic E-state index is 12.6. The molecule has 1 fully saturated rings. The number of fused-ring (bicyclic) bond motifs is 1. The Hall–Kier alpha value is -2.65. The molecule has 2 aromatic carbocycles. The van der Waals surface area contributed by atoms with E-state index in [0.29, 0.717) is 34.9 Å². The molecule has 1 amide bonds. The highest BCUT2D eigenvalue weighted by atomic mass is 32.2. The third kappa shape index (κ3) is 4.13. The average Bonchev–Trinajstić information content (AvgIpc) is 3.37. The second kappa shape index (κ2) is 8.23. The number of aromatic nitrogens is 1. The summed E-state index contributed by atoms with van der Waals surface area (Å²) in [5.74, 6) is 0.0914. The summed E-state index contributed by atoms with van der Waals surface area (Å²) in [7, 11) is -3.33. The molecule has 4 rings (SSSR count). The molecule has 0 saturated carbocycles. The molecule has 0 atom stereocenters. The molecule has 0 unspecified atom stereocenters. The van der Waals surface area contributed by atoms with Crippen molar-refractivity contribution in [1.29, 1.82) is 0 Å². The van der Waals surface area contributed by atoms with Gasteiger partial charge in [-0.2, -0.15) is 0 Å². The first kappa shape index (κ1) is 20.6. The summed E-state index contributed by atoms with van der Waals surface area (Å²) in [6.45, 7) is 2.26. The molecule has 0 bridgehead atoms. The molecule has 9 heteroatoms. The minimum absolute atomic E-state index is 0.00849. The van der Waals surface area contributed by atoms with Gasteiger partial charge in [0.2, 0.25) is 5.91 Å². The summed E-state index contributed by atoms with van der Waals surface area (Å²) in [6, 6.07) is 11.6. The molecule has 0 spiro atoms. The fourth-order valence-electron chi connectivity index (χ4n) is 3.29. The van der Waals surface area contributed by atoms with Crippen LogP contribution in [0.2, 0.25) is 0 Å². The third-order valence-electron chi connectivity index (χ3n) is 4.96. The van der Waals surface area contributed by atoms with Crippen LogP contribution in [0, 0.1) is 0 Å². The minimum Gasteiger partial charge on any atom is -0.431 e. The van der Waals surface area contributed by atoms with Gasteiger partial charge in [-0.1, -0.05) is 30.8 Å². The molecule has 0 radical (unpaired) electrons. The van der Waals surface area contributed by atoms with E-state index in [1.54, 1.807) is 36.1 Å². The minimum atomic E-state index is -3.33. The van der Waals surface area contributed by atoms with Crippen molar-refractivity contribution in [3.63, 3.8) is 0 Å². The highest BCUT2D eigenvalue weighted by molar-refractivity contribution is 7.99. The molecular formula is C21H20N2O5S2. The first-order valence-electron chi connectivity index (χ1n) is 9.57. The molecular weight excluding hydrogens is 424 g/mol. The molecule has 3 aromatic rings. The van der Waals surface area contributed by atoms with Gasteiger partial charge in [0, 0.05) is 24.2 Å². The number of amides is 1. The number of oxazole rings is 1. The molecule has 1 saturated heterocycles. The van der Waals surface area contributed by atoms with Gasteiger partial charge >= 0.3 is 0 Å². The molecule has 1 aromatic heterocycles. The Morgan fingerprint density at radius 1 is 1.23 bits per heavy atom. The highest BCUT2D eigenvalue weighted by Crippen LogP contribution is 2.27. The first-order valence-corrected chi connectivity index (χ1v) is 12.2. The van der Waals surface area contributed by atoms with Crippen molar-refractivity contribution in [2.24, 2.45) is 0 Å². The molecule has 0 aliphatic carbocycles. The number of Topliss-reactive ketones (excluding diaryl/α,β-unsaturated/α-hetero) is 1. The van der Waals surface area contributed by atoms with E-state index in [4.69, 9.17) is 4.42 Å². The van der Waals surface area contributed by atoms with Crippen LogP contribution in [0.4, 0.5) is 5.69 Å². The number of thioether (sulfide) groups is 1. The smallest absolute Gasteiger partial charge is 0.257 e. The van der Waals surface area contributed by atoms with Crippen LogP contribution in [0.3, 0.4) is 0 Å². The van der Waals surface area contributed by atoms with Crippen LogP contribution < -0.4 is 4.90 Å². The van der Waals surface area contributed by atoms with Gasteiger partial charge in [-0.05, 0) is 36.8 Å². The van der Waals surface area contributed by atoms with E-state index in [-0.39, 0.29) is 28.1 Å². The van der Waals surface area contributed by atoms with Gasteiger partial charge in [0.1, 0.15) is 5.52 Å². The van der Waals surface area contributed by atoms with E-state index in [1.807, 2.05) is 6.07 Å². The monoisotopic (exact) mass is 444 g/mol. The average molecular weight is 445 g/mol. The van der Waals surface area contributed by atoms with Crippen molar-refractivity contribution in [1.82, 2.24) is 4.98 Å². The summed E-state index contributed by atoms with van der Waals surface area (Å²) < 4.78 is 29.7. The number of rotatable bonds is 7. The number of hydrogen-bond acceptors (Lipinski definition) is 7. The summed E-state index contributed by atoms with van der Waals surface area (Å²) in [5.41, 5.74) is 2.16. The number of carbonyl (C=O) groups is 2. The maximum atomic E-state index is 12.6. The number of ketones is 1. The van der Waals surface area contributed by atoms with Crippen LogP contribution in [0.5, 0.6) is 0 Å². The lowest BCUT2D eigenvalue weighted by molar-refractivity contribution is -0.117. The van der Waals surface area contributed by atoms with Gasteiger partial charge < -0.3 is 9.32 Å². The van der Waals surface area contributed by atoms with Crippen molar-refractivity contribution in [3.8, 4) is 0 Å². The van der Waals surface area contributed by atoms with E-state index in [1.165, 1.54) is 12.1 Å². The van der Waals surface area contributed by atoms with Crippen molar-refractivity contribution >= 4 is 50.1 Å². The molecule has 0 N–H and O–H groups in total. The highest BCUT2D eigenvalue weighted by Gasteiger charge is 2.22. The lowest BCUT2D eigenvalue weighted by atomic mass is 10.1. The number of carbonyl (C=O) groups excluding carboxylic acids is 2. The number of sulfone groups is 1. The van der Waals surface area contributed by atoms with Crippen LogP contribution in [-0.2, 0) is 14.6 Å². The quantitative estimate of drug-likeness (QED) is 0.405. The summed E-state index contributed by atoms with van der Waals surface area (Å²) >= 11 is 1.15. The lowest BCUT2D eigenvalue weighted by Gasteiger charge is -2.16. The molecule has 7 nitrogen and oxygen atoms in total. The zero-order valence-corrected chi connectivity index (χ0v) is 18.0. The van der Waals surface area contributed by atoms with Crippen LogP contribution in [-0.4, -0.2) is 43.1 Å². The maximum Gasteiger partial charge on any atom is 0.257 e. The molecule has 1 aliphatic rings. The SMILES string of the molecule is CCS(=O)(=O)c1ccc2oc(SCC(=O)c3cccc(N4CCCC4=O)c3)nc2c1. The Morgan fingerprint density at radius 3 is 2.80 bits per heavy atom. The van der Waals surface area contributed by atoms with Crippen molar-refractivity contribution in [2.75, 3.05) is 23.0 Å². The van der Waals surface area contributed by atoms with Crippen molar-refractivity contribution < 1.29 is 22.4 Å². The van der Waals surface area contributed by atoms with Crippen LogP contribution in [0.15, 0.2) is 57.0 Å². The summed E-state index contributed by atoms with van der Waals surface area (Å²) in [4.78, 5) is 30.8. The van der Waals surface area contributed by atoms with E-state index < -0.39 is 9.84 Å². The van der Waals surface area contributed by atoms with Gasteiger partial charge in [-0.3, -0.25) is 9.59 Å². The van der Waals surface area contributed by atoms with Gasteiger partial charge in [-0.25, -0.2) is 13.4 Å². The van der Waals surface area contributed by atoms with Crippen LogP contribution in [0.25, 0.3) is 11.1 Å².